The third-order valence-corrected chi connectivity index (χ3v) is 3.17. The number of hydrogen-bond acceptors (Lipinski definition) is 2. The highest BCUT2D eigenvalue weighted by molar-refractivity contribution is 9.10. The highest BCUT2D eigenvalue weighted by atomic mass is 79.9. The molecule has 5 heteroatoms. The molecule has 0 unspecified atom stereocenters. The van der Waals surface area contributed by atoms with Crippen molar-refractivity contribution in [2.45, 2.75) is 0 Å². The second kappa shape index (κ2) is 3.28. The van der Waals surface area contributed by atoms with E-state index in [0.717, 1.165) is 31.0 Å². The van der Waals surface area contributed by atoms with Crippen molar-refractivity contribution in [3.8, 4) is 0 Å². The van der Waals surface area contributed by atoms with Crippen molar-refractivity contribution in [2.75, 3.05) is 0 Å². The maximum absolute atomic E-state index is 4.18. The lowest BCUT2D eigenvalue weighted by molar-refractivity contribution is 1.29. The molecule has 0 aliphatic rings. The summed E-state index contributed by atoms with van der Waals surface area (Å²) in [5.74, 6) is 0. The summed E-state index contributed by atoms with van der Waals surface area (Å²) in [6.45, 7) is 0. The first-order valence-corrected chi connectivity index (χ1v) is 5.91. The molecule has 0 saturated heterocycles. The highest BCUT2D eigenvalue weighted by Gasteiger charge is 2.05. The number of halogens is 2. The lowest BCUT2D eigenvalue weighted by atomic mass is 10.2. The Morgan fingerprint density at radius 2 is 1.33 bits per heavy atom. The van der Waals surface area contributed by atoms with Crippen LogP contribution in [0, 0.1) is 0 Å². The monoisotopic (exact) mass is 325 g/mol. The van der Waals surface area contributed by atoms with Crippen molar-refractivity contribution in [3.05, 3.63) is 33.7 Å². The molecule has 74 valence electrons. The Balaban J connectivity index is 2.55. The van der Waals surface area contributed by atoms with E-state index >= 15 is 0 Å². The van der Waals surface area contributed by atoms with E-state index in [1.165, 1.54) is 0 Å². The molecule has 0 amide bonds. The molecule has 0 bridgehead atoms. The number of aromatic nitrogens is 3. The maximum atomic E-state index is 4.18. The zero-order valence-corrected chi connectivity index (χ0v) is 10.6. The largest absolute Gasteiger partial charge is 0.352 e. The number of pyridine rings is 2. The van der Waals surface area contributed by atoms with Crippen LogP contribution in [-0.4, -0.2) is 15.0 Å². The standard InChI is InChI=1S/C10H5Br2N3/c11-9-1-5-6-2-10(12)14-4-8(6)15-7(5)3-13-9/h1-4,15H. The van der Waals surface area contributed by atoms with Gasteiger partial charge in [0.25, 0.3) is 0 Å². The summed E-state index contributed by atoms with van der Waals surface area (Å²) in [7, 11) is 0. The van der Waals surface area contributed by atoms with Crippen LogP contribution in [0.2, 0.25) is 0 Å². The van der Waals surface area contributed by atoms with Crippen molar-refractivity contribution >= 4 is 53.7 Å². The van der Waals surface area contributed by atoms with Gasteiger partial charge in [-0.25, -0.2) is 9.97 Å². The third kappa shape index (κ3) is 1.46. The molecule has 0 saturated carbocycles. The minimum atomic E-state index is 0.837. The SMILES string of the molecule is Brc1cc2c(cn1)[nH]c1cnc(Br)cc12. The molecule has 0 atom stereocenters. The van der Waals surface area contributed by atoms with Crippen molar-refractivity contribution in [1.82, 2.24) is 15.0 Å². The lowest BCUT2D eigenvalue weighted by Gasteiger charge is -1.92. The fourth-order valence-corrected chi connectivity index (χ4v) is 2.31. The molecule has 3 aromatic rings. The summed E-state index contributed by atoms with van der Waals surface area (Å²) in [4.78, 5) is 11.6. The molecule has 3 nitrogen and oxygen atoms in total. The van der Waals surface area contributed by atoms with Crippen LogP contribution in [0.15, 0.2) is 33.7 Å². The van der Waals surface area contributed by atoms with E-state index in [4.69, 9.17) is 0 Å². The average molecular weight is 327 g/mol. The second-order valence-corrected chi connectivity index (χ2v) is 4.86. The number of H-pyrrole nitrogens is 1. The fourth-order valence-electron chi connectivity index (χ4n) is 1.65. The van der Waals surface area contributed by atoms with Crippen LogP contribution in [0.1, 0.15) is 0 Å². The fraction of sp³-hybridized carbons (Fsp3) is 0. The van der Waals surface area contributed by atoms with Crippen molar-refractivity contribution in [3.63, 3.8) is 0 Å². The normalized spacial score (nSPS) is 11.3. The summed E-state index contributed by atoms with van der Waals surface area (Å²) >= 11 is 6.74. The zero-order valence-electron chi connectivity index (χ0n) is 7.46. The van der Waals surface area contributed by atoms with Gasteiger partial charge in [0.1, 0.15) is 9.21 Å². The van der Waals surface area contributed by atoms with Crippen molar-refractivity contribution < 1.29 is 0 Å². The Morgan fingerprint density at radius 3 is 1.80 bits per heavy atom. The van der Waals surface area contributed by atoms with Crippen LogP contribution in [0.5, 0.6) is 0 Å². The van der Waals surface area contributed by atoms with Gasteiger partial charge < -0.3 is 4.98 Å². The van der Waals surface area contributed by atoms with Gasteiger partial charge in [0.05, 0.1) is 23.4 Å². The van der Waals surface area contributed by atoms with Gasteiger partial charge in [-0.3, -0.25) is 0 Å². The predicted molar refractivity (Wildman–Crippen MR) is 66.8 cm³/mol. The van der Waals surface area contributed by atoms with Gasteiger partial charge in [-0.15, -0.1) is 0 Å². The number of nitrogens with zero attached hydrogens (tertiary/aromatic N) is 2. The highest BCUT2D eigenvalue weighted by Crippen LogP contribution is 2.27. The number of nitrogens with one attached hydrogen (secondary N) is 1. The van der Waals surface area contributed by atoms with Crippen LogP contribution in [0.25, 0.3) is 21.8 Å². The Kier molecular flexibility index (Phi) is 2.03. The molecular weight excluding hydrogens is 322 g/mol. The van der Waals surface area contributed by atoms with Crippen LogP contribution in [0.3, 0.4) is 0 Å². The Hall–Kier alpha value is -0.940. The van der Waals surface area contributed by atoms with E-state index in [0.29, 0.717) is 0 Å². The Labute approximate surface area is 102 Å². The molecule has 15 heavy (non-hydrogen) atoms. The summed E-state index contributed by atoms with van der Waals surface area (Å²) in [5, 5.41) is 2.30. The molecule has 0 aliphatic heterocycles. The molecule has 0 radical (unpaired) electrons. The smallest absolute Gasteiger partial charge is 0.106 e. The van der Waals surface area contributed by atoms with Gasteiger partial charge in [-0.05, 0) is 44.0 Å². The Bertz CT molecular complexity index is 604. The maximum Gasteiger partial charge on any atom is 0.106 e. The molecule has 3 aromatic heterocycles. The van der Waals surface area contributed by atoms with E-state index in [1.807, 2.05) is 24.5 Å². The Morgan fingerprint density at radius 1 is 0.867 bits per heavy atom. The average Bonchev–Trinajstić information content (AvgIpc) is 2.56. The number of rotatable bonds is 0. The van der Waals surface area contributed by atoms with E-state index < -0.39 is 0 Å². The van der Waals surface area contributed by atoms with E-state index in [-0.39, 0.29) is 0 Å². The number of aromatic amines is 1. The second-order valence-electron chi connectivity index (χ2n) is 3.23. The van der Waals surface area contributed by atoms with Crippen molar-refractivity contribution in [2.24, 2.45) is 0 Å². The van der Waals surface area contributed by atoms with E-state index in [1.54, 1.807) is 0 Å². The third-order valence-electron chi connectivity index (χ3n) is 2.30. The van der Waals surface area contributed by atoms with Crippen LogP contribution < -0.4 is 0 Å². The topological polar surface area (TPSA) is 41.6 Å². The number of hydrogen-bond donors (Lipinski definition) is 1. The molecule has 0 fully saturated rings. The van der Waals surface area contributed by atoms with Gasteiger partial charge in [-0.1, -0.05) is 0 Å². The van der Waals surface area contributed by atoms with Gasteiger partial charge >= 0.3 is 0 Å². The minimum absolute atomic E-state index is 0.837. The number of fused-ring (bicyclic) bond motifs is 3. The van der Waals surface area contributed by atoms with Crippen LogP contribution in [-0.2, 0) is 0 Å². The summed E-state index contributed by atoms with van der Waals surface area (Å²) < 4.78 is 1.67. The van der Waals surface area contributed by atoms with Gasteiger partial charge in [-0.2, -0.15) is 0 Å². The molecule has 0 aromatic carbocycles. The minimum Gasteiger partial charge on any atom is -0.352 e. The molecule has 0 aliphatic carbocycles. The van der Waals surface area contributed by atoms with Gasteiger partial charge in [0, 0.05) is 10.8 Å². The summed E-state index contributed by atoms with van der Waals surface area (Å²) in [5.41, 5.74) is 2.04. The van der Waals surface area contributed by atoms with E-state index in [2.05, 4.69) is 46.8 Å². The summed E-state index contributed by atoms with van der Waals surface area (Å²) in [6, 6.07) is 4.00. The first-order chi connectivity index (χ1) is 7.24. The first kappa shape index (κ1) is 9.30. The summed E-state index contributed by atoms with van der Waals surface area (Å²) in [6.07, 6.45) is 3.63. The molecule has 3 rings (SSSR count). The van der Waals surface area contributed by atoms with Crippen LogP contribution >= 0.6 is 31.9 Å². The molecule has 1 N–H and O–H groups in total. The van der Waals surface area contributed by atoms with Gasteiger partial charge in [0.15, 0.2) is 0 Å². The first-order valence-electron chi connectivity index (χ1n) is 4.32. The van der Waals surface area contributed by atoms with E-state index in [9.17, 15) is 0 Å². The van der Waals surface area contributed by atoms with Crippen molar-refractivity contribution in [1.29, 1.82) is 0 Å². The zero-order chi connectivity index (χ0) is 10.4. The predicted octanol–water partition coefficient (Wildman–Crippen LogP) is 3.64. The molecule has 3 heterocycles. The lowest BCUT2D eigenvalue weighted by Crippen LogP contribution is -1.74. The quantitative estimate of drug-likeness (QED) is 0.641. The molecular formula is C10H5Br2N3. The van der Waals surface area contributed by atoms with Crippen LogP contribution in [0.4, 0.5) is 0 Å². The van der Waals surface area contributed by atoms with Gasteiger partial charge in [0.2, 0.25) is 0 Å². The molecule has 0 spiro atoms.